The molecule has 8 heteroatoms. The summed E-state index contributed by atoms with van der Waals surface area (Å²) in [5, 5.41) is 15.3. The van der Waals surface area contributed by atoms with Crippen molar-refractivity contribution >= 4 is 33.9 Å². The average Bonchev–Trinajstić information content (AvgIpc) is 3.30. The molecule has 0 fully saturated rings. The Hall–Kier alpha value is -3.43. The first-order valence-corrected chi connectivity index (χ1v) is 13.2. The van der Waals surface area contributed by atoms with E-state index in [1.165, 1.54) is 10.8 Å². The summed E-state index contributed by atoms with van der Waals surface area (Å²) in [6.07, 6.45) is 0.960. The van der Waals surface area contributed by atoms with Crippen molar-refractivity contribution in [2.24, 2.45) is 0 Å². The van der Waals surface area contributed by atoms with Crippen LogP contribution in [-0.2, 0) is 33.8 Å². The summed E-state index contributed by atoms with van der Waals surface area (Å²) in [6.45, 7) is 4.37. The Labute approximate surface area is 219 Å². The summed E-state index contributed by atoms with van der Waals surface area (Å²) in [4.78, 5) is 37.1. The molecular weight excluding hydrogens is 486 g/mol. The summed E-state index contributed by atoms with van der Waals surface area (Å²) < 4.78 is 0. The molecule has 7 nitrogen and oxygen atoms in total. The topological polar surface area (TPSA) is 83.0 Å². The third kappa shape index (κ3) is 5.19. The van der Waals surface area contributed by atoms with E-state index in [4.69, 9.17) is 9.82 Å². The number of benzene rings is 3. The summed E-state index contributed by atoms with van der Waals surface area (Å²) in [5.74, 6) is -1.31. The van der Waals surface area contributed by atoms with Gasteiger partial charge in [-0.15, -0.1) is 11.3 Å². The van der Waals surface area contributed by atoms with Gasteiger partial charge in [-0.3, -0.25) is 19.6 Å². The van der Waals surface area contributed by atoms with Crippen LogP contribution in [0.3, 0.4) is 0 Å². The van der Waals surface area contributed by atoms with Gasteiger partial charge in [0.2, 0.25) is 0 Å². The van der Waals surface area contributed by atoms with Crippen LogP contribution in [-0.4, -0.2) is 44.8 Å². The van der Waals surface area contributed by atoms with Crippen LogP contribution in [0.1, 0.15) is 35.0 Å². The second-order valence-electron chi connectivity index (χ2n) is 9.09. The monoisotopic (exact) mass is 515 g/mol. The highest BCUT2D eigenvalue weighted by atomic mass is 32.1. The lowest BCUT2D eigenvalue weighted by atomic mass is 9.95. The van der Waals surface area contributed by atoms with E-state index in [2.05, 4.69) is 37.3 Å². The first kappa shape index (κ1) is 25.2. The van der Waals surface area contributed by atoms with Crippen molar-refractivity contribution in [1.29, 1.82) is 0 Å². The van der Waals surface area contributed by atoms with Gasteiger partial charge in [-0.05, 0) is 35.2 Å². The summed E-state index contributed by atoms with van der Waals surface area (Å²) in [6, 6.07) is 21.6. The number of nitrogens with zero attached hydrogens (tertiary/aromatic N) is 3. The smallest absolute Gasteiger partial charge is 0.273 e. The fourth-order valence-electron chi connectivity index (χ4n) is 4.71. The molecule has 1 unspecified atom stereocenters. The van der Waals surface area contributed by atoms with E-state index in [1.807, 2.05) is 36.4 Å². The van der Waals surface area contributed by atoms with Crippen LogP contribution in [0, 0.1) is 6.92 Å². The zero-order chi connectivity index (χ0) is 25.9. The van der Waals surface area contributed by atoms with Gasteiger partial charge in [0.05, 0.1) is 18.8 Å². The van der Waals surface area contributed by atoms with E-state index in [0.29, 0.717) is 26.0 Å². The van der Waals surface area contributed by atoms with E-state index in [1.54, 1.807) is 23.3 Å². The molecule has 1 atom stereocenters. The molecule has 3 aromatic carbocycles. The Morgan fingerprint density at radius 2 is 1.81 bits per heavy atom. The zero-order valence-electron chi connectivity index (χ0n) is 20.9. The predicted molar refractivity (Wildman–Crippen MR) is 143 cm³/mol. The molecule has 1 aliphatic rings. The minimum absolute atomic E-state index is 0.0363. The lowest BCUT2D eigenvalue weighted by Crippen LogP contribution is -2.52. The number of aromatic nitrogens is 1. The molecular formula is C29H29N3O4S. The highest BCUT2D eigenvalue weighted by Crippen LogP contribution is 2.33. The Balaban J connectivity index is 1.32. The zero-order valence-corrected chi connectivity index (χ0v) is 21.7. The molecule has 0 aliphatic carbocycles. The minimum atomic E-state index is -0.793. The van der Waals surface area contributed by atoms with Crippen molar-refractivity contribution in [3.8, 4) is 10.6 Å². The van der Waals surface area contributed by atoms with Crippen molar-refractivity contribution in [3.63, 3.8) is 0 Å². The molecule has 0 saturated heterocycles. The van der Waals surface area contributed by atoms with Crippen LogP contribution in [0.4, 0.5) is 0 Å². The van der Waals surface area contributed by atoms with E-state index in [-0.39, 0.29) is 11.5 Å². The second kappa shape index (κ2) is 10.9. The van der Waals surface area contributed by atoms with Crippen molar-refractivity contribution in [2.75, 3.05) is 6.61 Å². The number of rotatable bonds is 7. The number of hydrogen-bond acceptors (Lipinski definition) is 7. The van der Waals surface area contributed by atoms with Crippen LogP contribution in [0.2, 0.25) is 0 Å². The van der Waals surface area contributed by atoms with E-state index in [9.17, 15) is 14.8 Å². The molecule has 0 bridgehead atoms. The molecule has 2 heterocycles. The fraction of sp³-hybridized carbons (Fsp3) is 0.276. The molecule has 5 rings (SSSR count). The molecule has 1 N–H and O–H groups in total. The lowest BCUT2D eigenvalue weighted by Gasteiger charge is -2.35. The molecule has 4 aromatic rings. The van der Waals surface area contributed by atoms with Crippen LogP contribution >= 0.6 is 11.3 Å². The quantitative estimate of drug-likeness (QED) is 0.265. The normalized spacial score (nSPS) is 15.5. The molecule has 37 heavy (non-hydrogen) atoms. The summed E-state index contributed by atoms with van der Waals surface area (Å²) >= 11 is 1.66. The van der Waals surface area contributed by atoms with E-state index in [0.717, 1.165) is 32.3 Å². The average molecular weight is 516 g/mol. The van der Waals surface area contributed by atoms with Crippen molar-refractivity contribution < 1.29 is 19.6 Å². The molecule has 0 radical (unpaired) electrons. The summed E-state index contributed by atoms with van der Waals surface area (Å²) in [5.41, 5.74) is 4.13. The molecule has 190 valence electrons. The van der Waals surface area contributed by atoms with Gasteiger partial charge >= 0.3 is 0 Å². The number of carbonyl (C=O) groups excluding carboxylic acids is 2. The maximum Gasteiger partial charge on any atom is 0.273 e. The number of carbonyl (C=O) groups is 2. The number of thiazole rings is 1. The molecule has 0 saturated carbocycles. The van der Waals surface area contributed by atoms with Crippen LogP contribution in [0.15, 0.2) is 66.7 Å². The van der Waals surface area contributed by atoms with Crippen LogP contribution in [0.25, 0.3) is 21.3 Å². The van der Waals surface area contributed by atoms with Gasteiger partial charge in [0, 0.05) is 23.3 Å². The third-order valence-electron chi connectivity index (χ3n) is 6.75. The first-order valence-electron chi connectivity index (χ1n) is 12.4. The van der Waals surface area contributed by atoms with E-state index < -0.39 is 17.9 Å². The second-order valence-corrected chi connectivity index (χ2v) is 10.3. The van der Waals surface area contributed by atoms with Gasteiger partial charge in [0.25, 0.3) is 11.8 Å². The number of aryl methyl sites for hydroxylation is 1. The lowest BCUT2D eigenvalue weighted by molar-refractivity contribution is -0.218. The standard InChI is InChI=1S/C29H29N3O4S/c1-3-27(33)32(35)29(34)26-17-21-10-4-5-11-22(21)18-31(26)36-16-15-25-19(2)37-28(30-25)24-14-8-12-20-9-6-7-13-23(20)24/h4-14,26,35H,3,15-18H2,1-2H3. The molecule has 1 aromatic heterocycles. The van der Waals surface area contributed by atoms with E-state index >= 15 is 0 Å². The Morgan fingerprint density at radius 3 is 2.62 bits per heavy atom. The molecule has 2 amide bonds. The largest absolute Gasteiger partial charge is 0.297 e. The van der Waals surface area contributed by atoms with Gasteiger partial charge < -0.3 is 0 Å². The Morgan fingerprint density at radius 1 is 1.08 bits per heavy atom. The maximum absolute atomic E-state index is 13.0. The van der Waals surface area contributed by atoms with Crippen molar-refractivity contribution in [2.45, 2.75) is 45.7 Å². The first-order chi connectivity index (χ1) is 18.0. The van der Waals surface area contributed by atoms with Gasteiger partial charge in [-0.25, -0.2) is 4.98 Å². The van der Waals surface area contributed by atoms with Gasteiger partial charge in [0.15, 0.2) is 0 Å². The SMILES string of the molecule is CCC(=O)N(O)C(=O)C1Cc2ccccc2CN1OCCc1nc(-c2cccc3ccccc23)sc1C. The number of hydrogen-bond donors (Lipinski definition) is 1. The number of amides is 2. The third-order valence-corrected chi connectivity index (χ3v) is 7.79. The minimum Gasteiger partial charge on any atom is -0.297 e. The Kier molecular flexibility index (Phi) is 7.43. The molecule has 1 aliphatic heterocycles. The fourth-order valence-corrected chi connectivity index (χ4v) is 5.71. The van der Waals surface area contributed by atoms with Gasteiger partial charge in [-0.2, -0.15) is 10.1 Å². The van der Waals surface area contributed by atoms with Crippen LogP contribution in [0.5, 0.6) is 0 Å². The Bertz CT molecular complexity index is 1440. The van der Waals surface area contributed by atoms with Crippen molar-refractivity contribution in [1.82, 2.24) is 15.1 Å². The highest BCUT2D eigenvalue weighted by molar-refractivity contribution is 7.15. The summed E-state index contributed by atoms with van der Waals surface area (Å²) in [7, 11) is 0. The maximum atomic E-state index is 13.0. The van der Waals surface area contributed by atoms with Gasteiger partial charge in [0.1, 0.15) is 11.0 Å². The number of fused-ring (bicyclic) bond motifs is 2. The number of hydroxylamine groups is 4. The molecule has 0 spiro atoms. The highest BCUT2D eigenvalue weighted by Gasteiger charge is 2.36. The van der Waals surface area contributed by atoms with Crippen LogP contribution < -0.4 is 0 Å². The predicted octanol–water partition coefficient (Wildman–Crippen LogP) is 5.33. The number of imide groups is 1. The van der Waals surface area contributed by atoms with Crippen molar-refractivity contribution in [3.05, 3.63) is 88.4 Å². The van der Waals surface area contributed by atoms with Gasteiger partial charge in [-0.1, -0.05) is 73.7 Å².